The lowest BCUT2D eigenvalue weighted by Crippen LogP contribution is -2.09. The number of carbonyl (C=O) groups excluding carboxylic acids is 1. The summed E-state index contributed by atoms with van der Waals surface area (Å²) < 4.78 is 6.95. The first-order valence-corrected chi connectivity index (χ1v) is 7.94. The Morgan fingerprint density at radius 2 is 1.75 bits per heavy atom. The molecule has 0 spiro atoms. The van der Waals surface area contributed by atoms with Crippen molar-refractivity contribution in [2.75, 3.05) is 0 Å². The number of hydrogen-bond acceptors (Lipinski definition) is 4. The molecule has 8 heteroatoms. The largest absolute Gasteiger partial charge is 0.420 e. The predicted octanol–water partition coefficient (Wildman–Crippen LogP) is 4.51. The van der Waals surface area contributed by atoms with E-state index in [1.165, 1.54) is 18.5 Å². The highest BCUT2D eigenvalue weighted by Crippen LogP contribution is 2.36. The van der Waals surface area contributed by atoms with Crippen LogP contribution < -0.4 is 4.74 Å². The van der Waals surface area contributed by atoms with E-state index in [0.29, 0.717) is 17.1 Å². The molecule has 5 nitrogen and oxygen atoms in total. The summed E-state index contributed by atoms with van der Waals surface area (Å²) in [4.78, 5) is 16.1. The van der Waals surface area contributed by atoms with Crippen molar-refractivity contribution in [3.05, 3.63) is 75.2 Å². The third-order valence-corrected chi connectivity index (χ3v) is 3.94. The summed E-state index contributed by atoms with van der Waals surface area (Å²) in [5.74, 6) is -0.479. The number of ether oxygens (including phenoxy) is 1. The molecule has 0 unspecified atom stereocenters. The van der Waals surface area contributed by atoms with Crippen molar-refractivity contribution in [3.8, 4) is 5.75 Å². The number of nitrogens with zero attached hydrogens (tertiary/aromatic N) is 3. The van der Waals surface area contributed by atoms with Gasteiger partial charge in [-0.05, 0) is 29.8 Å². The fraction of sp³-hybridized carbons (Fsp3) is 0.0625. The Bertz CT molecular complexity index is 842. The van der Waals surface area contributed by atoms with Gasteiger partial charge in [-0.15, -0.1) is 0 Å². The number of carbonyl (C=O) groups is 1. The van der Waals surface area contributed by atoms with Crippen LogP contribution in [0.4, 0.5) is 0 Å². The van der Waals surface area contributed by atoms with Crippen LogP contribution in [0.15, 0.2) is 49.1 Å². The van der Waals surface area contributed by atoms with E-state index in [0.717, 1.165) is 5.56 Å². The molecule has 3 rings (SSSR count). The zero-order valence-corrected chi connectivity index (χ0v) is 14.4. The third kappa shape index (κ3) is 3.87. The maximum absolute atomic E-state index is 12.2. The number of halogens is 3. The quantitative estimate of drug-likeness (QED) is 0.492. The van der Waals surface area contributed by atoms with E-state index in [1.807, 2.05) is 12.1 Å². The van der Waals surface area contributed by atoms with Crippen molar-refractivity contribution < 1.29 is 9.53 Å². The van der Waals surface area contributed by atoms with Gasteiger partial charge in [-0.25, -0.2) is 14.5 Å². The Balaban J connectivity index is 1.74. The van der Waals surface area contributed by atoms with E-state index in [-0.39, 0.29) is 15.8 Å². The predicted molar refractivity (Wildman–Crippen MR) is 92.0 cm³/mol. The standard InChI is InChI=1S/C16H10Cl3N3O2/c17-12-5-13(18)15(14(19)6-12)24-16(23)11-3-1-10(2-4-11)7-22-9-20-8-21-22/h1-6,8-9H,7H2. The van der Waals surface area contributed by atoms with Crippen LogP contribution in [-0.4, -0.2) is 20.7 Å². The molecule has 122 valence electrons. The Labute approximate surface area is 152 Å². The fourth-order valence-electron chi connectivity index (χ4n) is 2.03. The first-order valence-electron chi connectivity index (χ1n) is 6.81. The monoisotopic (exact) mass is 381 g/mol. The molecule has 0 atom stereocenters. The summed E-state index contributed by atoms with van der Waals surface area (Å²) in [7, 11) is 0. The zero-order chi connectivity index (χ0) is 17.1. The topological polar surface area (TPSA) is 57.0 Å². The molecule has 2 aromatic carbocycles. The Kier molecular flexibility index (Phi) is 5.04. The van der Waals surface area contributed by atoms with Gasteiger partial charge in [0.05, 0.1) is 22.2 Å². The molecule has 0 fully saturated rings. The van der Waals surface area contributed by atoms with Gasteiger partial charge in [-0.2, -0.15) is 5.10 Å². The van der Waals surface area contributed by atoms with Gasteiger partial charge in [0.25, 0.3) is 0 Å². The second-order valence-corrected chi connectivity index (χ2v) is 6.13. The van der Waals surface area contributed by atoms with Crippen LogP contribution in [0.25, 0.3) is 0 Å². The van der Waals surface area contributed by atoms with Gasteiger partial charge >= 0.3 is 5.97 Å². The van der Waals surface area contributed by atoms with Crippen LogP contribution in [0.5, 0.6) is 5.75 Å². The molecule has 0 bridgehead atoms. The average Bonchev–Trinajstić information content (AvgIpc) is 3.04. The lowest BCUT2D eigenvalue weighted by atomic mass is 10.1. The Morgan fingerprint density at radius 1 is 1.08 bits per heavy atom. The number of benzene rings is 2. The number of esters is 1. The van der Waals surface area contributed by atoms with Crippen LogP contribution in [0, 0.1) is 0 Å². The fourth-order valence-corrected chi connectivity index (χ4v) is 2.92. The Hall–Kier alpha value is -2.08. The molecule has 3 aromatic rings. The first kappa shape index (κ1) is 16.8. The summed E-state index contributed by atoms with van der Waals surface area (Å²) in [5, 5.41) is 4.73. The number of rotatable bonds is 4. The van der Waals surface area contributed by atoms with E-state index in [1.54, 1.807) is 23.1 Å². The van der Waals surface area contributed by atoms with E-state index in [2.05, 4.69) is 10.1 Å². The highest BCUT2D eigenvalue weighted by Gasteiger charge is 2.15. The molecule has 0 aliphatic carbocycles. The van der Waals surface area contributed by atoms with Crippen LogP contribution >= 0.6 is 34.8 Å². The molecule has 24 heavy (non-hydrogen) atoms. The van der Waals surface area contributed by atoms with Gasteiger partial charge in [0.2, 0.25) is 0 Å². The smallest absolute Gasteiger partial charge is 0.343 e. The molecule has 0 radical (unpaired) electrons. The molecule has 0 amide bonds. The first-order chi connectivity index (χ1) is 11.5. The molecule has 1 aromatic heterocycles. The third-order valence-electron chi connectivity index (χ3n) is 3.16. The van der Waals surface area contributed by atoms with Crippen LogP contribution in [0.3, 0.4) is 0 Å². The minimum Gasteiger partial charge on any atom is -0.420 e. The van der Waals surface area contributed by atoms with Crippen molar-refractivity contribution in [1.29, 1.82) is 0 Å². The van der Waals surface area contributed by atoms with Crippen LogP contribution in [-0.2, 0) is 6.54 Å². The second kappa shape index (κ2) is 7.21. The molecule has 0 saturated carbocycles. The minimum atomic E-state index is -0.562. The van der Waals surface area contributed by atoms with E-state index in [4.69, 9.17) is 39.5 Å². The molecule has 1 heterocycles. The van der Waals surface area contributed by atoms with E-state index in [9.17, 15) is 4.79 Å². The van der Waals surface area contributed by atoms with Gasteiger partial charge in [0, 0.05) is 5.02 Å². The van der Waals surface area contributed by atoms with Gasteiger partial charge in [-0.1, -0.05) is 46.9 Å². The van der Waals surface area contributed by atoms with Gasteiger partial charge < -0.3 is 4.74 Å². The van der Waals surface area contributed by atoms with E-state index >= 15 is 0 Å². The van der Waals surface area contributed by atoms with Crippen molar-refractivity contribution in [3.63, 3.8) is 0 Å². The molecular formula is C16H10Cl3N3O2. The summed E-state index contributed by atoms with van der Waals surface area (Å²) >= 11 is 17.8. The zero-order valence-electron chi connectivity index (χ0n) is 12.1. The number of hydrogen-bond donors (Lipinski definition) is 0. The second-order valence-electron chi connectivity index (χ2n) is 4.88. The molecule has 0 aliphatic rings. The van der Waals surface area contributed by atoms with Crippen molar-refractivity contribution in [2.24, 2.45) is 0 Å². The Morgan fingerprint density at radius 3 is 2.33 bits per heavy atom. The molecule has 0 saturated heterocycles. The highest BCUT2D eigenvalue weighted by atomic mass is 35.5. The van der Waals surface area contributed by atoms with Gasteiger partial charge in [0.1, 0.15) is 12.7 Å². The summed E-state index contributed by atoms with van der Waals surface area (Å²) in [6.45, 7) is 0.560. The van der Waals surface area contributed by atoms with Crippen molar-refractivity contribution in [2.45, 2.75) is 6.54 Å². The minimum absolute atomic E-state index is 0.0828. The normalized spacial score (nSPS) is 10.6. The van der Waals surface area contributed by atoms with Crippen LogP contribution in [0.2, 0.25) is 15.1 Å². The SMILES string of the molecule is O=C(Oc1c(Cl)cc(Cl)cc1Cl)c1ccc(Cn2cncn2)cc1. The molecule has 0 N–H and O–H groups in total. The summed E-state index contributed by atoms with van der Waals surface area (Å²) in [6, 6.07) is 9.85. The van der Waals surface area contributed by atoms with Gasteiger partial charge in [-0.3, -0.25) is 0 Å². The van der Waals surface area contributed by atoms with E-state index < -0.39 is 5.97 Å². The van der Waals surface area contributed by atoms with Crippen molar-refractivity contribution in [1.82, 2.24) is 14.8 Å². The average molecular weight is 383 g/mol. The van der Waals surface area contributed by atoms with Crippen molar-refractivity contribution >= 4 is 40.8 Å². The highest BCUT2D eigenvalue weighted by molar-refractivity contribution is 6.40. The van der Waals surface area contributed by atoms with Crippen LogP contribution in [0.1, 0.15) is 15.9 Å². The molecular weight excluding hydrogens is 373 g/mol. The maximum atomic E-state index is 12.2. The lowest BCUT2D eigenvalue weighted by Gasteiger charge is -2.09. The molecule has 0 aliphatic heterocycles. The lowest BCUT2D eigenvalue weighted by molar-refractivity contribution is 0.0735. The summed E-state index contributed by atoms with van der Waals surface area (Å²) in [6.07, 6.45) is 3.08. The summed E-state index contributed by atoms with van der Waals surface area (Å²) in [5.41, 5.74) is 1.35. The van der Waals surface area contributed by atoms with Gasteiger partial charge in [0.15, 0.2) is 5.75 Å². The number of aromatic nitrogens is 3. The maximum Gasteiger partial charge on any atom is 0.343 e.